The van der Waals surface area contributed by atoms with Crippen LogP contribution in [-0.4, -0.2) is 77.4 Å². The van der Waals surface area contributed by atoms with Gasteiger partial charge in [-0.05, 0) is 85.2 Å². The molecule has 7 nitrogen and oxygen atoms in total. The lowest BCUT2D eigenvalue weighted by Crippen LogP contribution is -2.36. The Hall–Kier alpha value is -2.64. The summed E-state index contributed by atoms with van der Waals surface area (Å²) in [6.07, 6.45) is 4.28. The van der Waals surface area contributed by atoms with Crippen LogP contribution in [0.3, 0.4) is 0 Å². The van der Waals surface area contributed by atoms with Gasteiger partial charge in [0, 0.05) is 32.6 Å². The SMILES string of the molecule is COc1cc2c(cc1OC)CCN(C(=O)CCN(C)CC1Cc3cc(OC)c(OC)cc3C1)CC2.Cl. The van der Waals surface area contributed by atoms with E-state index in [2.05, 4.69) is 36.2 Å². The molecule has 198 valence electrons. The maximum absolute atomic E-state index is 13.0. The fourth-order valence-corrected chi connectivity index (χ4v) is 5.44. The van der Waals surface area contributed by atoms with E-state index in [0.29, 0.717) is 12.3 Å². The van der Waals surface area contributed by atoms with Gasteiger partial charge < -0.3 is 28.7 Å². The minimum absolute atomic E-state index is 0. The first-order chi connectivity index (χ1) is 16.9. The number of fused-ring (bicyclic) bond motifs is 2. The average molecular weight is 519 g/mol. The molecule has 1 aliphatic carbocycles. The second-order valence-corrected chi connectivity index (χ2v) is 9.62. The summed E-state index contributed by atoms with van der Waals surface area (Å²) in [6.45, 7) is 3.22. The van der Waals surface area contributed by atoms with Gasteiger partial charge in [-0.1, -0.05) is 0 Å². The summed E-state index contributed by atoms with van der Waals surface area (Å²) in [4.78, 5) is 17.3. The first-order valence-electron chi connectivity index (χ1n) is 12.4. The van der Waals surface area contributed by atoms with Gasteiger partial charge in [0.05, 0.1) is 28.4 Å². The molecule has 0 bridgehead atoms. The van der Waals surface area contributed by atoms with Crippen molar-refractivity contribution in [2.75, 3.05) is 61.7 Å². The van der Waals surface area contributed by atoms with Crippen LogP contribution in [0.4, 0.5) is 0 Å². The molecule has 1 heterocycles. The second-order valence-electron chi connectivity index (χ2n) is 9.62. The van der Waals surface area contributed by atoms with Crippen molar-refractivity contribution in [3.63, 3.8) is 0 Å². The molecule has 0 fully saturated rings. The zero-order valence-corrected chi connectivity index (χ0v) is 22.9. The van der Waals surface area contributed by atoms with Crippen molar-refractivity contribution in [3.8, 4) is 23.0 Å². The Morgan fingerprint density at radius 1 is 0.806 bits per heavy atom. The number of amides is 1. The van der Waals surface area contributed by atoms with Gasteiger partial charge in [-0.3, -0.25) is 4.79 Å². The van der Waals surface area contributed by atoms with Crippen LogP contribution in [0.15, 0.2) is 24.3 Å². The summed E-state index contributed by atoms with van der Waals surface area (Å²) in [6, 6.07) is 8.34. The van der Waals surface area contributed by atoms with E-state index in [4.69, 9.17) is 18.9 Å². The Morgan fingerprint density at radius 3 is 1.64 bits per heavy atom. The van der Waals surface area contributed by atoms with Crippen molar-refractivity contribution < 1.29 is 23.7 Å². The molecule has 0 N–H and O–H groups in total. The number of ether oxygens (including phenoxy) is 4. The fraction of sp³-hybridized carbons (Fsp3) is 0.536. The van der Waals surface area contributed by atoms with Gasteiger partial charge in [-0.25, -0.2) is 0 Å². The van der Waals surface area contributed by atoms with E-state index in [1.54, 1.807) is 28.4 Å². The van der Waals surface area contributed by atoms with E-state index in [9.17, 15) is 4.79 Å². The molecule has 2 aromatic carbocycles. The molecule has 1 aliphatic heterocycles. The molecule has 8 heteroatoms. The van der Waals surface area contributed by atoms with Crippen LogP contribution >= 0.6 is 12.4 Å². The van der Waals surface area contributed by atoms with Crippen LogP contribution in [0, 0.1) is 5.92 Å². The molecule has 0 saturated carbocycles. The number of carbonyl (C=O) groups is 1. The van der Waals surface area contributed by atoms with Crippen molar-refractivity contribution >= 4 is 18.3 Å². The highest BCUT2D eigenvalue weighted by Crippen LogP contribution is 2.37. The van der Waals surface area contributed by atoms with Gasteiger partial charge in [0.2, 0.25) is 5.91 Å². The molecule has 0 radical (unpaired) electrons. The molecule has 0 atom stereocenters. The summed E-state index contributed by atoms with van der Waals surface area (Å²) in [5, 5.41) is 0. The first kappa shape index (κ1) is 27.9. The predicted molar refractivity (Wildman–Crippen MR) is 143 cm³/mol. The number of benzene rings is 2. The van der Waals surface area contributed by atoms with Gasteiger partial charge in [0.25, 0.3) is 0 Å². The van der Waals surface area contributed by atoms with E-state index < -0.39 is 0 Å². The van der Waals surface area contributed by atoms with Crippen molar-refractivity contribution in [1.29, 1.82) is 0 Å². The molecule has 0 spiro atoms. The van der Waals surface area contributed by atoms with Crippen molar-refractivity contribution in [2.24, 2.45) is 5.92 Å². The Morgan fingerprint density at radius 2 is 1.22 bits per heavy atom. The highest BCUT2D eigenvalue weighted by molar-refractivity contribution is 5.85. The lowest BCUT2D eigenvalue weighted by atomic mass is 10.0. The molecule has 1 amide bonds. The largest absolute Gasteiger partial charge is 0.493 e. The summed E-state index contributed by atoms with van der Waals surface area (Å²) in [7, 11) is 8.79. The van der Waals surface area contributed by atoms with Crippen LogP contribution in [-0.2, 0) is 30.5 Å². The number of carbonyl (C=O) groups excluding carboxylic acids is 1. The molecule has 0 unspecified atom stereocenters. The van der Waals surface area contributed by atoms with Crippen LogP contribution < -0.4 is 18.9 Å². The monoisotopic (exact) mass is 518 g/mol. The van der Waals surface area contributed by atoms with Crippen LogP contribution in [0.1, 0.15) is 28.7 Å². The third kappa shape index (κ3) is 6.19. The summed E-state index contributed by atoms with van der Waals surface area (Å²) in [5.74, 6) is 3.86. The molecular formula is C28H39ClN2O5. The maximum atomic E-state index is 13.0. The van der Waals surface area contributed by atoms with Crippen LogP contribution in [0.5, 0.6) is 23.0 Å². The number of methoxy groups -OCH3 is 4. The van der Waals surface area contributed by atoms with Gasteiger partial charge in [-0.15, -0.1) is 12.4 Å². The third-order valence-corrected chi connectivity index (χ3v) is 7.36. The summed E-state index contributed by atoms with van der Waals surface area (Å²) in [5.41, 5.74) is 5.16. The number of hydrogen-bond donors (Lipinski definition) is 0. The Kier molecular flexibility index (Phi) is 9.74. The minimum atomic E-state index is 0. The third-order valence-electron chi connectivity index (χ3n) is 7.36. The zero-order chi connectivity index (χ0) is 24.9. The van der Waals surface area contributed by atoms with Crippen molar-refractivity contribution in [2.45, 2.75) is 32.1 Å². The van der Waals surface area contributed by atoms with E-state index in [1.165, 1.54) is 22.3 Å². The lowest BCUT2D eigenvalue weighted by Gasteiger charge is -2.24. The van der Waals surface area contributed by atoms with Crippen molar-refractivity contribution in [3.05, 3.63) is 46.5 Å². The minimum Gasteiger partial charge on any atom is -0.493 e. The zero-order valence-electron chi connectivity index (χ0n) is 22.1. The van der Waals surface area contributed by atoms with Gasteiger partial charge in [-0.2, -0.15) is 0 Å². The number of rotatable bonds is 9. The number of hydrogen-bond acceptors (Lipinski definition) is 6. The molecule has 2 aliphatic rings. The standard InChI is InChI=1S/C28H38N2O5.ClH/c1-29(18-19-12-22-16-26(34-4)27(35-5)17-23(22)13-19)9-8-28(31)30-10-6-20-14-24(32-2)25(33-3)15-21(20)7-11-30;/h14-17,19H,6-13,18H2,1-5H3;1H. The van der Waals surface area contributed by atoms with Crippen molar-refractivity contribution in [1.82, 2.24) is 9.80 Å². The average Bonchev–Trinajstić information content (AvgIpc) is 3.14. The van der Waals surface area contributed by atoms with Gasteiger partial charge >= 0.3 is 0 Å². The number of halogens is 1. The second kappa shape index (κ2) is 12.5. The molecule has 0 aromatic heterocycles. The molecule has 0 saturated heterocycles. The van der Waals surface area contributed by atoms with Crippen LogP contribution in [0.25, 0.3) is 0 Å². The summed E-state index contributed by atoms with van der Waals surface area (Å²) >= 11 is 0. The maximum Gasteiger partial charge on any atom is 0.223 e. The quantitative estimate of drug-likeness (QED) is 0.503. The Balaban J connectivity index is 0.00000361. The number of nitrogens with zero attached hydrogens (tertiary/aromatic N) is 2. The Labute approximate surface area is 221 Å². The van der Waals surface area contributed by atoms with Crippen LogP contribution in [0.2, 0.25) is 0 Å². The topological polar surface area (TPSA) is 60.5 Å². The van der Waals surface area contributed by atoms with E-state index >= 15 is 0 Å². The van der Waals surface area contributed by atoms with E-state index in [-0.39, 0.29) is 18.3 Å². The smallest absolute Gasteiger partial charge is 0.223 e. The molecule has 2 aromatic rings. The normalized spacial score (nSPS) is 15.0. The Bertz CT molecular complexity index is 993. The predicted octanol–water partition coefficient (Wildman–Crippen LogP) is 3.81. The lowest BCUT2D eigenvalue weighted by molar-refractivity contribution is -0.131. The van der Waals surface area contributed by atoms with E-state index in [0.717, 1.165) is 74.9 Å². The molecule has 4 rings (SSSR count). The van der Waals surface area contributed by atoms with E-state index in [1.807, 2.05) is 4.90 Å². The highest BCUT2D eigenvalue weighted by Gasteiger charge is 2.26. The highest BCUT2D eigenvalue weighted by atomic mass is 35.5. The molecular weight excluding hydrogens is 480 g/mol. The molecule has 36 heavy (non-hydrogen) atoms. The van der Waals surface area contributed by atoms with Gasteiger partial charge in [0.15, 0.2) is 23.0 Å². The van der Waals surface area contributed by atoms with Gasteiger partial charge in [0.1, 0.15) is 0 Å². The fourth-order valence-electron chi connectivity index (χ4n) is 5.44. The first-order valence-corrected chi connectivity index (χ1v) is 12.4. The summed E-state index contributed by atoms with van der Waals surface area (Å²) < 4.78 is 21.8.